The van der Waals surface area contributed by atoms with E-state index in [2.05, 4.69) is 27.7 Å². The minimum absolute atomic E-state index is 0.278. The molecule has 1 fully saturated rings. The van der Waals surface area contributed by atoms with Gasteiger partial charge >= 0.3 is 0 Å². The van der Waals surface area contributed by atoms with Gasteiger partial charge in [-0.05, 0) is 38.0 Å². The molecule has 0 N–H and O–H groups in total. The fourth-order valence-electron chi connectivity index (χ4n) is 2.24. The van der Waals surface area contributed by atoms with Crippen LogP contribution in [0, 0.1) is 11.3 Å². The van der Waals surface area contributed by atoms with Crippen LogP contribution < -0.4 is 0 Å². The first-order chi connectivity index (χ1) is 6.59. The molecule has 14 heavy (non-hydrogen) atoms. The van der Waals surface area contributed by atoms with Crippen LogP contribution in [0.5, 0.6) is 0 Å². The number of ether oxygens (including phenoxy) is 2. The van der Waals surface area contributed by atoms with Crippen molar-refractivity contribution in [3.05, 3.63) is 0 Å². The molecule has 1 saturated heterocycles. The standard InChI is InChI=1S/C12H24O2/c1-5-14-10(2)12(3,4)11-6-8-13-9-7-11/h10-11H,5-9H2,1-4H3. The van der Waals surface area contributed by atoms with Gasteiger partial charge in [0.2, 0.25) is 0 Å². The monoisotopic (exact) mass is 200 g/mol. The molecule has 0 aromatic heterocycles. The van der Waals surface area contributed by atoms with Gasteiger partial charge in [0, 0.05) is 19.8 Å². The average molecular weight is 200 g/mol. The Hall–Kier alpha value is -0.0800. The molecule has 84 valence electrons. The van der Waals surface area contributed by atoms with Crippen molar-refractivity contribution < 1.29 is 9.47 Å². The van der Waals surface area contributed by atoms with E-state index >= 15 is 0 Å². The van der Waals surface area contributed by atoms with Gasteiger partial charge < -0.3 is 9.47 Å². The molecule has 2 nitrogen and oxygen atoms in total. The quantitative estimate of drug-likeness (QED) is 0.694. The highest BCUT2D eigenvalue weighted by molar-refractivity contribution is 4.85. The summed E-state index contributed by atoms with van der Waals surface area (Å²) >= 11 is 0. The molecule has 1 unspecified atom stereocenters. The van der Waals surface area contributed by atoms with Gasteiger partial charge in [-0.2, -0.15) is 0 Å². The van der Waals surface area contributed by atoms with E-state index in [1.165, 1.54) is 12.8 Å². The van der Waals surface area contributed by atoms with Crippen LogP contribution in [0.4, 0.5) is 0 Å². The van der Waals surface area contributed by atoms with Crippen molar-refractivity contribution in [3.63, 3.8) is 0 Å². The third kappa shape index (κ3) is 2.71. The maximum Gasteiger partial charge on any atom is 0.0600 e. The summed E-state index contributed by atoms with van der Waals surface area (Å²) in [6, 6.07) is 0. The summed E-state index contributed by atoms with van der Waals surface area (Å²) in [7, 11) is 0. The highest BCUT2D eigenvalue weighted by Crippen LogP contribution is 2.38. The lowest BCUT2D eigenvalue weighted by molar-refractivity contribution is -0.0659. The molecule has 0 aliphatic carbocycles. The Bertz CT molecular complexity index is 160. The van der Waals surface area contributed by atoms with Crippen LogP contribution in [-0.2, 0) is 9.47 Å². The third-order valence-corrected chi connectivity index (χ3v) is 3.74. The first-order valence-corrected chi connectivity index (χ1v) is 5.78. The molecular formula is C12H24O2. The number of rotatable bonds is 4. The summed E-state index contributed by atoms with van der Waals surface area (Å²) in [4.78, 5) is 0. The molecule has 1 aliphatic heterocycles. The lowest BCUT2D eigenvalue weighted by atomic mass is 9.71. The Morgan fingerprint density at radius 1 is 1.36 bits per heavy atom. The van der Waals surface area contributed by atoms with Gasteiger partial charge in [-0.25, -0.2) is 0 Å². The number of hydrogen-bond acceptors (Lipinski definition) is 2. The van der Waals surface area contributed by atoms with Crippen LogP contribution in [0.15, 0.2) is 0 Å². The minimum Gasteiger partial charge on any atom is -0.381 e. The van der Waals surface area contributed by atoms with Gasteiger partial charge in [-0.3, -0.25) is 0 Å². The van der Waals surface area contributed by atoms with E-state index in [9.17, 15) is 0 Å². The second-order valence-corrected chi connectivity index (χ2v) is 4.81. The molecule has 0 radical (unpaired) electrons. The first kappa shape index (κ1) is 12.0. The second-order valence-electron chi connectivity index (χ2n) is 4.81. The molecule has 1 rings (SSSR count). The van der Waals surface area contributed by atoms with Gasteiger partial charge in [-0.15, -0.1) is 0 Å². The van der Waals surface area contributed by atoms with Crippen molar-refractivity contribution in [2.75, 3.05) is 19.8 Å². The summed E-state index contributed by atoms with van der Waals surface area (Å²) < 4.78 is 11.1. The summed E-state index contributed by atoms with van der Waals surface area (Å²) in [6.07, 6.45) is 2.71. The largest absolute Gasteiger partial charge is 0.381 e. The fraction of sp³-hybridized carbons (Fsp3) is 1.00. The van der Waals surface area contributed by atoms with Gasteiger partial charge in [0.15, 0.2) is 0 Å². The van der Waals surface area contributed by atoms with Gasteiger partial charge in [-0.1, -0.05) is 13.8 Å². The summed E-state index contributed by atoms with van der Waals surface area (Å²) in [5.41, 5.74) is 0.278. The van der Waals surface area contributed by atoms with E-state index in [1.807, 2.05) is 0 Å². The molecule has 0 bridgehead atoms. The van der Waals surface area contributed by atoms with Gasteiger partial charge in [0.25, 0.3) is 0 Å². The zero-order valence-corrected chi connectivity index (χ0v) is 10.0. The van der Waals surface area contributed by atoms with E-state index < -0.39 is 0 Å². The Labute approximate surface area is 88.0 Å². The normalized spacial score (nSPS) is 22.3. The molecule has 0 aromatic carbocycles. The van der Waals surface area contributed by atoms with Crippen molar-refractivity contribution in [1.29, 1.82) is 0 Å². The van der Waals surface area contributed by atoms with Gasteiger partial charge in [0.05, 0.1) is 6.10 Å². The zero-order chi connectivity index (χ0) is 10.6. The van der Waals surface area contributed by atoms with Crippen molar-refractivity contribution >= 4 is 0 Å². The lowest BCUT2D eigenvalue weighted by Crippen LogP contribution is -2.39. The Balaban J connectivity index is 2.52. The SMILES string of the molecule is CCOC(C)C(C)(C)C1CCOCC1. The summed E-state index contributed by atoms with van der Waals surface area (Å²) in [5, 5.41) is 0. The molecular weight excluding hydrogens is 176 g/mol. The Morgan fingerprint density at radius 3 is 2.43 bits per heavy atom. The maximum absolute atomic E-state index is 5.72. The van der Waals surface area contributed by atoms with Crippen LogP contribution in [0.2, 0.25) is 0 Å². The van der Waals surface area contributed by atoms with Crippen LogP contribution in [0.25, 0.3) is 0 Å². The zero-order valence-electron chi connectivity index (χ0n) is 10.0. The van der Waals surface area contributed by atoms with Crippen LogP contribution >= 0.6 is 0 Å². The van der Waals surface area contributed by atoms with Gasteiger partial charge in [0.1, 0.15) is 0 Å². The summed E-state index contributed by atoms with van der Waals surface area (Å²) in [5.74, 6) is 0.748. The molecule has 1 heterocycles. The molecule has 0 saturated carbocycles. The Morgan fingerprint density at radius 2 is 1.93 bits per heavy atom. The van der Waals surface area contributed by atoms with Crippen LogP contribution in [0.3, 0.4) is 0 Å². The van der Waals surface area contributed by atoms with E-state index in [0.717, 1.165) is 25.7 Å². The average Bonchev–Trinajstić information content (AvgIpc) is 2.19. The molecule has 1 aliphatic rings. The van der Waals surface area contributed by atoms with Crippen LogP contribution in [-0.4, -0.2) is 25.9 Å². The predicted octanol–water partition coefficient (Wildman–Crippen LogP) is 2.86. The highest BCUT2D eigenvalue weighted by Gasteiger charge is 2.36. The maximum atomic E-state index is 5.72. The summed E-state index contributed by atoms with van der Waals surface area (Å²) in [6.45, 7) is 11.6. The first-order valence-electron chi connectivity index (χ1n) is 5.78. The molecule has 0 spiro atoms. The minimum atomic E-state index is 0.278. The molecule has 0 amide bonds. The van der Waals surface area contributed by atoms with E-state index in [0.29, 0.717) is 6.10 Å². The second kappa shape index (κ2) is 5.13. The van der Waals surface area contributed by atoms with Crippen molar-refractivity contribution in [2.45, 2.75) is 46.6 Å². The van der Waals surface area contributed by atoms with Crippen molar-refractivity contribution in [1.82, 2.24) is 0 Å². The smallest absolute Gasteiger partial charge is 0.0600 e. The fourth-order valence-corrected chi connectivity index (χ4v) is 2.24. The molecule has 1 atom stereocenters. The molecule has 2 heteroatoms. The van der Waals surface area contributed by atoms with E-state index in [-0.39, 0.29) is 5.41 Å². The Kier molecular flexibility index (Phi) is 4.39. The van der Waals surface area contributed by atoms with E-state index in [1.54, 1.807) is 0 Å². The lowest BCUT2D eigenvalue weighted by Gasteiger charge is -2.41. The molecule has 0 aromatic rings. The predicted molar refractivity (Wildman–Crippen MR) is 58.4 cm³/mol. The highest BCUT2D eigenvalue weighted by atomic mass is 16.5. The van der Waals surface area contributed by atoms with Crippen molar-refractivity contribution in [3.8, 4) is 0 Å². The van der Waals surface area contributed by atoms with Crippen LogP contribution in [0.1, 0.15) is 40.5 Å². The van der Waals surface area contributed by atoms with E-state index in [4.69, 9.17) is 9.47 Å². The number of hydrogen-bond donors (Lipinski definition) is 0. The third-order valence-electron chi connectivity index (χ3n) is 3.74. The van der Waals surface area contributed by atoms with Crippen molar-refractivity contribution in [2.24, 2.45) is 11.3 Å². The topological polar surface area (TPSA) is 18.5 Å².